The van der Waals surface area contributed by atoms with Crippen molar-refractivity contribution < 1.29 is 22.7 Å². The molecule has 0 atom stereocenters. The van der Waals surface area contributed by atoms with Crippen molar-refractivity contribution >= 4 is 16.0 Å². The Bertz CT molecular complexity index is 1000. The van der Waals surface area contributed by atoms with E-state index >= 15 is 0 Å². The van der Waals surface area contributed by atoms with Crippen LogP contribution in [0.2, 0.25) is 0 Å². The molecule has 1 saturated heterocycles. The molecule has 146 valence electrons. The van der Waals surface area contributed by atoms with E-state index in [-0.39, 0.29) is 16.2 Å². The summed E-state index contributed by atoms with van der Waals surface area (Å²) in [7, 11) is -3.53. The van der Waals surface area contributed by atoms with E-state index in [4.69, 9.17) is 14.7 Å². The van der Waals surface area contributed by atoms with Gasteiger partial charge in [-0.25, -0.2) is 13.2 Å². The number of nitrogens with zero attached hydrogens (tertiary/aromatic N) is 2. The van der Waals surface area contributed by atoms with E-state index < -0.39 is 16.0 Å². The molecule has 0 unspecified atom stereocenters. The van der Waals surface area contributed by atoms with Gasteiger partial charge >= 0.3 is 5.97 Å². The summed E-state index contributed by atoms with van der Waals surface area (Å²) < 4.78 is 37.4. The van der Waals surface area contributed by atoms with Crippen molar-refractivity contribution in [3.8, 4) is 17.6 Å². The third-order valence-electron chi connectivity index (χ3n) is 4.37. The number of sulfonamides is 1. The van der Waals surface area contributed by atoms with E-state index in [9.17, 15) is 13.2 Å². The number of hydrogen-bond donors (Lipinski definition) is 0. The van der Waals surface area contributed by atoms with Crippen LogP contribution in [0.25, 0.3) is 0 Å². The summed E-state index contributed by atoms with van der Waals surface area (Å²) in [4.78, 5) is 12.6. The SMILES string of the molecule is CCOc1cc(C#N)ccc1OC(=O)c1ccc(S(=O)(=O)N2CCCC2)cc1. The van der Waals surface area contributed by atoms with Crippen LogP contribution >= 0.6 is 0 Å². The standard InChI is InChI=1S/C20H20N2O5S/c1-2-26-19-13-15(14-21)5-10-18(19)27-20(23)16-6-8-17(9-7-16)28(24,25)22-11-3-4-12-22/h5-10,13H,2-4,11-12H2,1H3. The molecule has 3 rings (SSSR count). The van der Waals surface area contributed by atoms with Crippen LogP contribution in [-0.2, 0) is 10.0 Å². The van der Waals surface area contributed by atoms with Crippen LogP contribution in [0.5, 0.6) is 11.5 Å². The first-order valence-electron chi connectivity index (χ1n) is 8.95. The molecule has 8 heteroatoms. The molecular weight excluding hydrogens is 380 g/mol. The van der Waals surface area contributed by atoms with Crippen LogP contribution in [0.4, 0.5) is 0 Å². The van der Waals surface area contributed by atoms with Gasteiger partial charge in [0.2, 0.25) is 10.0 Å². The van der Waals surface area contributed by atoms with Crippen LogP contribution in [0.1, 0.15) is 35.7 Å². The van der Waals surface area contributed by atoms with Gasteiger partial charge in [0, 0.05) is 19.2 Å². The third-order valence-corrected chi connectivity index (χ3v) is 6.28. The van der Waals surface area contributed by atoms with Crippen LogP contribution in [0.3, 0.4) is 0 Å². The molecule has 2 aromatic rings. The molecule has 0 aromatic heterocycles. The molecule has 2 aromatic carbocycles. The molecule has 0 bridgehead atoms. The lowest BCUT2D eigenvalue weighted by atomic mass is 10.2. The highest BCUT2D eigenvalue weighted by atomic mass is 32.2. The summed E-state index contributed by atoms with van der Waals surface area (Å²) in [5.74, 6) is -0.154. The van der Waals surface area contributed by atoms with Crippen LogP contribution < -0.4 is 9.47 Å². The molecule has 0 aliphatic carbocycles. The number of carbonyl (C=O) groups is 1. The molecule has 0 saturated carbocycles. The highest BCUT2D eigenvalue weighted by Crippen LogP contribution is 2.29. The van der Waals surface area contributed by atoms with Crippen LogP contribution in [-0.4, -0.2) is 38.4 Å². The highest BCUT2D eigenvalue weighted by Gasteiger charge is 2.27. The summed E-state index contributed by atoms with van der Waals surface area (Å²) in [6.45, 7) is 3.17. The van der Waals surface area contributed by atoms with Gasteiger partial charge in [-0.3, -0.25) is 0 Å². The van der Waals surface area contributed by atoms with Gasteiger partial charge in [-0.1, -0.05) is 0 Å². The van der Waals surface area contributed by atoms with Crippen molar-refractivity contribution in [2.75, 3.05) is 19.7 Å². The summed E-state index contributed by atoms with van der Waals surface area (Å²) in [5.41, 5.74) is 0.604. The Balaban J connectivity index is 1.78. The zero-order chi connectivity index (χ0) is 20.1. The molecule has 0 N–H and O–H groups in total. The molecule has 0 amide bonds. The second-order valence-electron chi connectivity index (χ2n) is 6.23. The molecule has 1 aliphatic heterocycles. The van der Waals surface area contributed by atoms with Crippen molar-refractivity contribution in [2.45, 2.75) is 24.7 Å². The highest BCUT2D eigenvalue weighted by molar-refractivity contribution is 7.89. The predicted octanol–water partition coefficient (Wildman–Crippen LogP) is 2.96. The number of carbonyl (C=O) groups excluding carboxylic acids is 1. The lowest BCUT2D eigenvalue weighted by molar-refractivity contribution is 0.0728. The number of nitriles is 1. The average Bonchev–Trinajstić information content (AvgIpc) is 3.25. The first-order chi connectivity index (χ1) is 13.5. The van der Waals surface area contributed by atoms with Gasteiger partial charge in [0.15, 0.2) is 11.5 Å². The Morgan fingerprint density at radius 2 is 1.79 bits per heavy atom. The maximum atomic E-state index is 12.6. The fourth-order valence-electron chi connectivity index (χ4n) is 2.93. The smallest absolute Gasteiger partial charge is 0.343 e. The Hall–Kier alpha value is -2.89. The largest absolute Gasteiger partial charge is 0.490 e. The molecular formula is C20H20N2O5S. The molecule has 7 nitrogen and oxygen atoms in total. The second kappa shape index (κ2) is 8.42. The van der Waals surface area contributed by atoms with Gasteiger partial charge in [-0.15, -0.1) is 0 Å². The number of hydrogen-bond acceptors (Lipinski definition) is 6. The van der Waals surface area contributed by atoms with Crippen molar-refractivity contribution in [2.24, 2.45) is 0 Å². The Kier molecular flexibility index (Phi) is 5.97. The van der Waals surface area contributed by atoms with E-state index in [1.165, 1.54) is 46.8 Å². The van der Waals surface area contributed by atoms with Crippen LogP contribution in [0, 0.1) is 11.3 Å². The topological polar surface area (TPSA) is 96.7 Å². The molecule has 1 fully saturated rings. The van der Waals surface area contributed by atoms with Crippen molar-refractivity contribution in [1.82, 2.24) is 4.31 Å². The number of ether oxygens (including phenoxy) is 2. The van der Waals surface area contributed by atoms with Crippen molar-refractivity contribution in [3.05, 3.63) is 53.6 Å². The molecule has 1 aliphatic rings. The minimum Gasteiger partial charge on any atom is -0.490 e. The Morgan fingerprint density at radius 1 is 1.11 bits per heavy atom. The van der Waals surface area contributed by atoms with E-state index in [1.807, 2.05) is 6.07 Å². The monoisotopic (exact) mass is 400 g/mol. The molecule has 0 radical (unpaired) electrons. The average molecular weight is 400 g/mol. The first kappa shape index (κ1) is 19.9. The normalized spacial score (nSPS) is 14.4. The summed E-state index contributed by atoms with van der Waals surface area (Å²) in [5, 5.41) is 8.99. The Morgan fingerprint density at radius 3 is 2.39 bits per heavy atom. The summed E-state index contributed by atoms with van der Waals surface area (Å²) >= 11 is 0. The van der Waals surface area contributed by atoms with Gasteiger partial charge in [-0.05, 0) is 56.2 Å². The van der Waals surface area contributed by atoms with Crippen molar-refractivity contribution in [3.63, 3.8) is 0 Å². The number of esters is 1. The Labute approximate surface area is 164 Å². The second-order valence-corrected chi connectivity index (χ2v) is 8.17. The molecule has 0 spiro atoms. The zero-order valence-electron chi connectivity index (χ0n) is 15.4. The fourth-order valence-corrected chi connectivity index (χ4v) is 4.45. The van der Waals surface area contributed by atoms with E-state index in [0.29, 0.717) is 31.0 Å². The molecule has 1 heterocycles. The maximum Gasteiger partial charge on any atom is 0.343 e. The number of benzene rings is 2. The lowest BCUT2D eigenvalue weighted by Gasteiger charge is -2.15. The van der Waals surface area contributed by atoms with E-state index in [2.05, 4.69) is 0 Å². The first-order valence-corrected chi connectivity index (χ1v) is 10.4. The van der Waals surface area contributed by atoms with E-state index in [1.54, 1.807) is 6.92 Å². The number of rotatable bonds is 6. The van der Waals surface area contributed by atoms with E-state index in [0.717, 1.165) is 12.8 Å². The van der Waals surface area contributed by atoms with Gasteiger partial charge in [0.25, 0.3) is 0 Å². The fraction of sp³-hybridized carbons (Fsp3) is 0.300. The molecule has 28 heavy (non-hydrogen) atoms. The quantitative estimate of drug-likeness (QED) is 0.546. The van der Waals surface area contributed by atoms with Gasteiger partial charge in [0.1, 0.15) is 0 Å². The van der Waals surface area contributed by atoms with Crippen molar-refractivity contribution in [1.29, 1.82) is 5.26 Å². The van der Waals surface area contributed by atoms with Crippen LogP contribution in [0.15, 0.2) is 47.4 Å². The summed E-state index contributed by atoms with van der Waals surface area (Å²) in [6, 6.07) is 12.2. The third kappa shape index (κ3) is 4.16. The predicted molar refractivity (Wildman–Crippen MR) is 102 cm³/mol. The maximum absolute atomic E-state index is 12.6. The minimum atomic E-state index is -3.53. The zero-order valence-corrected chi connectivity index (χ0v) is 16.2. The summed E-state index contributed by atoms with van der Waals surface area (Å²) in [6.07, 6.45) is 1.72. The van der Waals surface area contributed by atoms with Gasteiger partial charge < -0.3 is 9.47 Å². The lowest BCUT2D eigenvalue weighted by Crippen LogP contribution is -2.27. The van der Waals surface area contributed by atoms with Gasteiger partial charge in [-0.2, -0.15) is 9.57 Å². The minimum absolute atomic E-state index is 0.152. The van der Waals surface area contributed by atoms with Gasteiger partial charge in [0.05, 0.1) is 28.7 Å².